The zero-order valence-corrected chi connectivity index (χ0v) is 23.6. The lowest BCUT2D eigenvalue weighted by Gasteiger charge is -2.40. The monoisotopic (exact) mass is 606 g/mol. The number of hydrogen-bond acceptors (Lipinski definition) is 5. The fraction of sp³-hybridized carbons (Fsp3) is 0.500. The number of methoxy groups -OCH3 is 1. The van der Waals surface area contributed by atoms with Crippen molar-refractivity contribution in [3.05, 3.63) is 58.6 Å². The standard InChI is InChI=1S/C28H32ClF5N2O5/c1-35(2)24(37)22-9-8-21(17-23(22)29)41-15-5-12-26(30,31)18-10-13-36(14-11-18)25(38)27(39,28(32,33)34)19-6-4-7-20(16-19)40-3/h4,6-9,16-18,39H,5,10-15H2,1-3H3/t27-/m0/s1. The lowest BCUT2D eigenvalue weighted by atomic mass is 9.86. The first kappa shape index (κ1) is 32.4. The first-order chi connectivity index (χ1) is 19.1. The summed E-state index contributed by atoms with van der Waals surface area (Å²) in [4.78, 5) is 27.2. The maximum Gasteiger partial charge on any atom is 0.430 e. The highest BCUT2D eigenvalue weighted by Crippen LogP contribution is 2.43. The molecule has 226 valence electrons. The lowest BCUT2D eigenvalue weighted by Crippen LogP contribution is -2.57. The highest BCUT2D eigenvalue weighted by Gasteiger charge is 2.62. The molecule has 1 N–H and O–H groups in total. The third-order valence-electron chi connectivity index (χ3n) is 7.09. The Hall–Kier alpha value is -3.12. The number of hydrogen-bond donors (Lipinski definition) is 1. The number of likely N-dealkylation sites (tertiary alicyclic amines) is 1. The van der Waals surface area contributed by atoms with Gasteiger partial charge in [-0.15, -0.1) is 0 Å². The van der Waals surface area contributed by atoms with Crippen molar-refractivity contribution in [3.63, 3.8) is 0 Å². The van der Waals surface area contributed by atoms with Crippen LogP contribution in [0.5, 0.6) is 11.5 Å². The van der Waals surface area contributed by atoms with Crippen LogP contribution >= 0.6 is 11.6 Å². The van der Waals surface area contributed by atoms with Crippen molar-refractivity contribution >= 4 is 23.4 Å². The van der Waals surface area contributed by atoms with E-state index in [-0.39, 0.29) is 61.2 Å². The first-order valence-corrected chi connectivity index (χ1v) is 13.2. The second-order valence-electron chi connectivity index (χ2n) is 10.1. The third kappa shape index (κ3) is 7.21. The molecule has 0 unspecified atom stereocenters. The van der Waals surface area contributed by atoms with Gasteiger partial charge in [0.1, 0.15) is 11.5 Å². The largest absolute Gasteiger partial charge is 0.497 e. The second-order valence-corrected chi connectivity index (χ2v) is 10.5. The van der Waals surface area contributed by atoms with Crippen molar-refractivity contribution in [3.8, 4) is 11.5 Å². The van der Waals surface area contributed by atoms with E-state index in [4.69, 9.17) is 21.1 Å². The average molecular weight is 607 g/mol. The summed E-state index contributed by atoms with van der Waals surface area (Å²) in [5, 5.41) is 10.8. The Balaban J connectivity index is 1.56. The molecular weight excluding hydrogens is 575 g/mol. The van der Waals surface area contributed by atoms with E-state index in [9.17, 15) is 36.6 Å². The molecule has 0 spiro atoms. The zero-order chi connectivity index (χ0) is 30.6. The molecule has 0 aromatic heterocycles. The van der Waals surface area contributed by atoms with Gasteiger partial charge in [-0.3, -0.25) is 9.59 Å². The van der Waals surface area contributed by atoms with E-state index in [1.54, 1.807) is 14.1 Å². The SMILES string of the molecule is COc1cccc([C@](O)(C(=O)N2CCC(C(F)(F)CCCOc3ccc(C(=O)N(C)C)c(Cl)c3)CC2)C(F)(F)F)c1. The number of nitrogens with zero attached hydrogens (tertiary/aromatic N) is 2. The molecule has 13 heteroatoms. The van der Waals surface area contributed by atoms with Crippen molar-refractivity contribution in [2.45, 2.75) is 43.4 Å². The second kappa shape index (κ2) is 12.8. The summed E-state index contributed by atoms with van der Waals surface area (Å²) in [6.07, 6.45) is -6.38. The number of aliphatic hydroxyl groups is 1. The summed E-state index contributed by atoms with van der Waals surface area (Å²) < 4.78 is 82.3. The number of rotatable bonds is 10. The van der Waals surface area contributed by atoms with Gasteiger partial charge in [0.2, 0.25) is 0 Å². The quantitative estimate of drug-likeness (QED) is 0.284. The number of piperidine rings is 1. The average Bonchev–Trinajstić information content (AvgIpc) is 2.93. The normalized spacial score (nSPS) is 16.2. The van der Waals surface area contributed by atoms with Crippen LogP contribution in [-0.4, -0.2) is 79.7 Å². The van der Waals surface area contributed by atoms with E-state index >= 15 is 0 Å². The minimum Gasteiger partial charge on any atom is -0.497 e. The van der Waals surface area contributed by atoms with Gasteiger partial charge >= 0.3 is 6.18 Å². The number of carbonyl (C=O) groups excluding carboxylic acids is 2. The van der Waals surface area contributed by atoms with Crippen LogP contribution in [0, 0.1) is 5.92 Å². The summed E-state index contributed by atoms with van der Waals surface area (Å²) in [5.74, 6) is -5.89. The fourth-order valence-electron chi connectivity index (χ4n) is 4.69. The van der Waals surface area contributed by atoms with E-state index in [0.29, 0.717) is 5.75 Å². The Labute approximate surface area is 239 Å². The van der Waals surface area contributed by atoms with E-state index in [1.165, 1.54) is 42.3 Å². The molecule has 0 bridgehead atoms. The topological polar surface area (TPSA) is 79.3 Å². The number of alkyl halides is 5. The van der Waals surface area contributed by atoms with Gasteiger partial charge in [-0.2, -0.15) is 13.2 Å². The van der Waals surface area contributed by atoms with Crippen LogP contribution in [0.4, 0.5) is 22.0 Å². The van der Waals surface area contributed by atoms with E-state index in [0.717, 1.165) is 17.0 Å². The van der Waals surface area contributed by atoms with Crippen LogP contribution in [0.3, 0.4) is 0 Å². The Bertz CT molecular complexity index is 1230. The fourth-order valence-corrected chi connectivity index (χ4v) is 4.94. The number of halogens is 6. The molecule has 1 saturated heterocycles. The van der Waals surface area contributed by atoms with Crippen molar-refractivity contribution < 1.29 is 46.1 Å². The van der Waals surface area contributed by atoms with E-state index in [2.05, 4.69) is 0 Å². The molecule has 41 heavy (non-hydrogen) atoms. The number of ether oxygens (including phenoxy) is 2. The number of carbonyl (C=O) groups is 2. The van der Waals surface area contributed by atoms with Crippen molar-refractivity contribution in [2.75, 3.05) is 40.9 Å². The number of amides is 2. The molecule has 1 heterocycles. The van der Waals surface area contributed by atoms with Crippen molar-refractivity contribution in [1.29, 1.82) is 0 Å². The maximum atomic E-state index is 15.0. The molecule has 1 atom stereocenters. The van der Waals surface area contributed by atoms with Crippen LogP contribution < -0.4 is 9.47 Å². The molecule has 7 nitrogen and oxygen atoms in total. The summed E-state index contributed by atoms with van der Waals surface area (Å²) >= 11 is 6.13. The summed E-state index contributed by atoms with van der Waals surface area (Å²) in [6, 6.07) is 8.88. The predicted molar refractivity (Wildman–Crippen MR) is 141 cm³/mol. The van der Waals surface area contributed by atoms with Gasteiger partial charge in [0.15, 0.2) is 0 Å². The van der Waals surface area contributed by atoms with Gasteiger partial charge < -0.3 is 24.4 Å². The van der Waals surface area contributed by atoms with Gasteiger partial charge in [-0.25, -0.2) is 8.78 Å². The first-order valence-electron chi connectivity index (χ1n) is 12.9. The van der Waals surface area contributed by atoms with Gasteiger partial charge in [0, 0.05) is 45.1 Å². The Morgan fingerprint density at radius 1 is 1.05 bits per heavy atom. The zero-order valence-electron chi connectivity index (χ0n) is 22.8. The smallest absolute Gasteiger partial charge is 0.430 e. The molecule has 2 aromatic rings. The minimum absolute atomic E-state index is 0.0137. The molecule has 2 aromatic carbocycles. The molecule has 0 saturated carbocycles. The molecule has 1 aliphatic rings. The molecule has 3 rings (SSSR count). The Kier molecular flexibility index (Phi) is 10.1. The molecule has 0 aliphatic carbocycles. The molecule has 0 radical (unpaired) electrons. The van der Waals surface area contributed by atoms with Crippen LogP contribution in [0.1, 0.15) is 41.6 Å². The van der Waals surface area contributed by atoms with Crippen LogP contribution in [0.25, 0.3) is 0 Å². The molecule has 1 aliphatic heterocycles. The van der Waals surface area contributed by atoms with E-state index in [1.807, 2.05) is 0 Å². The molecule has 1 fully saturated rings. The highest BCUT2D eigenvalue weighted by molar-refractivity contribution is 6.34. The minimum atomic E-state index is -5.36. The highest BCUT2D eigenvalue weighted by atomic mass is 35.5. The van der Waals surface area contributed by atoms with E-state index < -0.39 is 41.5 Å². The van der Waals surface area contributed by atoms with Crippen molar-refractivity contribution in [2.24, 2.45) is 5.92 Å². The summed E-state index contributed by atoms with van der Waals surface area (Å²) in [6.45, 7) is -0.785. The predicted octanol–water partition coefficient (Wildman–Crippen LogP) is 5.53. The van der Waals surface area contributed by atoms with Crippen LogP contribution in [0.15, 0.2) is 42.5 Å². The van der Waals surface area contributed by atoms with Gasteiger partial charge in [0.25, 0.3) is 23.3 Å². The number of benzene rings is 2. The van der Waals surface area contributed by atoms with Crippen molar-refractivity contribution in [1.82, 2.24) is 9.80 Å². The molecular formula is C28H32ClF5N2O5. The van der Waals surface area contributed by atoms with Crippen LogP contribution in [0.2, 0.25) is 5.02 Å². The Morgan fingerprint density at radius 2 is 1.71 bits per heavy atom. The van der Waals surface area contributed by atoms with Gasteiger partial charge in [-0.1, -0.05) is 23.7 Å². The van der Waals surface area contributed by atoms with Crippen LogP contribution in [-0.2, 0) is 10.4 Å². The van der Waals surface area contributed by atoms with Gasteiger partial charge in [0.05, 0.1) is 24.3 Å². The summed E-state index contributed by atoms with van der Waals surface area (Å²) in [7, 11) is 4.39. The third-order valence-corrected chi connectivity index (χ3v) is 7.40. The maximum absolute atomic E-state index is 15.0. The summed E-state index contributed by atoms with van der Waals surface area (Å²) in [5.41, 5.74) is -4.30. The molecule has 2 amide bonds. The lowest BCUT2D eigenvalue weighted by molar-refractivity contribution is -0.262. The van der Waals surface area contributed by atoms with Gasteiger partial charge in [-0.05, 0) is 49.6 Å². The Morgan fingerprint density at radius 3 is 2.27 bits per heavy atom.